The van der Waals surface area contributed by atoms with Crippen molar-refractivity contribution in [2.45, 2.75) is 341 Å². The van der Waals surface area contributed by atoms with Crippen LogP contribution in [0, 0.1) is 0 Å². The van der Waals surface area contributed by atoms with Gasteiger partial charge in [0.2, 0.25) is 5.91 Å². The van der Waals surface area contributed by atoms with Gasteiger partial charge in [-0.1, -0.05) is 292 Å². The Bertz CT molecular complexity index is 1730. The van der Waals surface area contributed by atoms with Gasteiger partial charge in [-0.3, -0.25) is 18.6 Å². The number of allylic oxidation sites excluding steroid dienone is 13. The first-order valence-electron chi connectivity index (χ1n) is 35.9. The minimum absolute atomic E-state index is 0.0367. The van der Waals surface area contributed by atoms with Gasteiger partial charge in [-0.2, -0.15) is 0 Å². The van der Waals surface area contributed by atoms with Gasteiger partial charge in [0.05, 0.1) is 33.8 Å². The summed E-state index contributed by atoms with van der Waals surface area (Å²) in [6.07, 6.45) is 85.8. The van der Waals surface area contributed by atoms with E-state index in [4.69, 9.17) is 13.8 Å². The number of carbonyl (C=O) groups is 2. The maximum Gasteiger partial charge on any atom is 0.472 e. The molecule has 0 rings (SSSR count). The summed E-state index contributed by atoms with van der Waals surface area (Å²) in [4.78, 5) is 37.9. The fourth-order valence-electron chi connectivity index (χ4n) is 10.2. The van der Waals surface area contributed by atoms with Gasteiger partial charge in [0.1, 0.15) is 19.3 Å². The molecule has 0 aromatic heterocycles. The molecular formula is C75H138N2O7P+. The van der Waals surface area contributed by atoms with Crippen molar-refractivity contribution >= 4 is 19.7 Å². The zero-order valence-corrected chi connectivity index (χ0v) is 57.5. The lowest BCUT2D eigenvalue weighted by molar-refractivity contribution is -0.870. The summed E-state index contributed by atoms with van der Waals surface area (Å²) in [6.45, 7) is 6.99. The highest BCUT2D eigenvalue weighted by atomic mass is 31.2. The van der Waals surface area contributed by atoms with Crippen LogP contribution in [0.1, 0.15) is 329 Å². The molecule has 0 radical (unpaired) electrons. The highest BCUT2D eigenvalue weighted by molar-refractivity contribution is 7.47. The van der Waals surface area contributed by atoms with Crippen molar-refractivity contribution in [2.75, 3.05) is 40.9 Å². The first-order valence-corrected chi connectivity index (χ1v) is 37.4. The minimum atomic E-state index is -4.46. The molecule has 0 saturated carbocycles. The van der Waals surface area contributed by atoms with Gasteiger partial charge >= 0.3 is 13.8 Å². The Kier molecular flexibility index (Phi) is 62.1. The number of hydrogen-bond acceptors (Lipinski definition) is 6. The van der Waals surface area contributed by atoms with Crippen molar-refractivity contribution in [3.63, 3.8) is 0 Å². The number of carbonyl (C=O) groups excluding carboxylic acids is 2. The number of phosphoric acid groups is 1. The number of hydrogen-bond donors (Lipinski definition) is 2. The highest BCUT2D eigenvalue weighted by Gasteiger charge is 2.30. The molecular weight excluding hydrogens is 1070 g/mol. The number of nitrogens with zero attached hydrogens (tertiary/aromatic N) is 1. The summed E-state index contributed by atoms with van der Waals surface area (Å²) in [5.41, 5.74) is 0. The van der Waals surface area contributed by atoms with Crippen molar-refractivity contribution in [2.24, 2.45) is 0 Å². The predicted molar refractivity (Wildman–Crippen MR) is 369 cm³/mol. The summed E-state index contributed by atoms with van der Waals surface area (Å²) < 4.78 is 30.8. The van der Waals surface area contributed by atoms with Crippen LogP contribution in [0.3, 0.4) is 0 Å². The summed E-state index contributed by atoms with van der Waals surface area (Å²) in [7, 11) is 1.49. The monoisotopic (exact) mass is 1210 g/mol. The Morgan fingerprint density at radius 3 is 1.09 bits per heavy atom. The smallest absolute Gasteiger partial charge is 0.456 e. The van der Waals surface area contributed by atoms with E-state index >= 15 is 0 Å². The lowest BCUT2D eigenvalue weighted by Gasteiger charge is -2.27. The van der Waals surface area contributed by atoms with Crippen LogP contribution in [-0.4, -0.2) is 74.3 Å². The molecule has 0 fully saturated rings. The van der Waals surface area contributed by atoms with Crippen LogP contribution in [0.4, 0.5) is 0 Å². The lowest BCUT2D eigenvalue weighted by atomic mass is 10.0. The summed E-state index contributed by atoms with van der Waals surface area (Å²) in [6, 6.07) is -0.856. The van der Waals surface area contributed by atoms with Crippen LogP contribution in [0.2, 0.25) is 0 Å². The molecule has 0 spiro atoms. The van der Waals surface area contributed by atoms with Crippen molar-refractivity contribution in [3.8, 4) is 0 Å². The molecule has 85 heavy (non-hydrogen) atoms. The number of phosphoric ester groups is 1. The zero-order chi connectivity index (χ0) is 62.1. The molecule has 3 unspecified atom stereocenters. The maximum atomic E-state index is 13.6. The second-order valence-corrected chi connectivity index (χ2v) is 26.9. The molecule has 0 aliphatic carbocycles. The molecule has 0 aromatic rings. The van der Waals surface area contributed by atoms with E-state index in [1.54, 1.807) is 0 Å². The first-order chi connectivity index (χ1) is 41.4. The Hall–Kier alpha value is -2.81. The SMILES string of the molecule is CCCCC/C=C\C/C=C\C/C=C\C/C=C\CCCCCCCCCCCCCC(=O)NC(COP(=O)(O)OCC[N+](C)(C)C)C(/C=C\CCCCCCCCCCCCC)OC(=O)CCCCCCCCCCC/C=C\C/C=C\CCCCC. The normalized spacial score (nSPS) is 14.0. The fourth-order valence-corrected chi connectivity index (χ4v) is 11.0. The number of rotatable bonds is 65. The molecule has 2 N–H and O–H groups in total. The molecule has 1 amide bonds. The lowest BCUT2D eigenvalue weighted by Crippen LogP contribution is -2.47. The van der Waals surface area contributed by atoms with Gasteiger partial charge in [-0.15, -0.1) is 0 Å². The van der Waals surface area contributed by atoms with Gasteiger partial charge in [-0.25, -0.2) is 4.57 Å². The standard InChI is InChI=1S/C75H137N2O7P/c1-7-10-13-16-19-22-25-28-30-32-34-35-36-37-38-39-40-41-43-44-46-49-52-55-58-61-64-67-74(78)76-72(71-83-85(80,81)82-70-69-77(4,5)6)73(66-63-60-57-54-51-48-27-24-21-18-15-12-9-3)84-75(79)68-65-62-59-56-53-50-47-45-42-33-31-29-26-23-20-17-14-11-8-2/h19-20,22-23,28-31,34-35,37-38,63,66,72-73H,7-18,21,24-27,32-33,36,39-62,64-65,67-71H2,1-6H3,(H-,76,78,80,81)/p+1/b22-19-,23-20-,30-28-,31-29-,35-34-,38-37-,66-63-. The van der Waals surface area contributed by atoms with E-state index in [9.17, 15) is 19.0 Å². The molecule has 494 valence electrons. The molecule has 0 heterocycles. The zero-order valence-electron chi connectivity index (χ0n) is 56.6. The highest BCUT2D eigenvalue weighted by Crippen LogP contribution is 2.43. The van der Waals surface area contributed by atoms with Gasteiger partial charge in [-0.05, 0) is 109 Å². The molecule has 9 nitrogen and oxygen atoms in total. The van der Waals surface area contributed by atoms with Crippen LogP contribution in [0.5, 0.6) is 0 Å². The van der Waals surface area contributed by atoms with E-state index in [1.807, 2.05) is 33.3 Å². The Labute approximate surface area is 526 Å². The number of unbranched alkanes of at least 4 members (excludes halogenated alkanes) is 37. The minimum Gasteiger partial charge on any atom is -0.456 e. The largest absolute Gasteiger partial charge is 0.472 e. The van der Waals surface area contributed by atoms with Gasteiger partial charge in [0.15, 0.2) is 0 Å². The molecule has 0 aliphatic rings. The van der Waals surface area contributed by atoms with Crippen molar-refractivity contribution in [1.82, 2.24) is 5.32 Å². The van der Waals surface area contributed by atoms with Crippen LogP contribution in [-0.2, 0) is 27.9 Å². The van der Waals surface area contributed by atoms with Gasteiger partial charge in [0, 0.05) is 12.8 Å². The van der Waals surface area contributed by atoms with Crippen LogP contribution >= 0.6 is 7.82 Å². The number of amides is 1. The molecule has 3 atom stereocenters. The van der Waals surface area contributed by atoms with Crippen LogP contribution in [0.15, 0.2) is 85.1 Å². The van der Waals surface area contributed by atoms with E-state index in [2.05, 4.69) is 99.0 Å². The van der Waals surface area contributed by atoms with Crippen LogP contribution in [0.25, 0.3) is 0 Å². The van der Waals surface area contributed by atoms with Crippen molar-refractivity contribution < 1.29 is 37.3 Å². The molecule has 0 aliphatic heterocycles. The first kappa shape index (κ1) is 82.2. The topological polar surface area (TPSA) is 111 Å². The maximum absolute atomic E-state index is 13.6. The van der Waals surface area contributed by atoms with E-state index < -0.39 is 20.0 Å². The third kappa shape index (κ3) is 65.5. The number of quaternary nitrogens is 1. The quantitative estimate of drug-likeness (QED) is 0.0205. The molecule has 0 saturated heterocycles. The molecule has 0 bridgehead atoms. The molecule has 10 heteroatoms. The summed E-state index contributed by atoms with van der Waals surface area (Å²) in [5, 5.41) is 3.07. The van der Waals surface area contributed by atoms with E-state index in [-0.39, 0.29) is 31.5 Å². The summed E-state index contributed by atoms with van der Waals surface area (Å²) >= 11 is 0. The van der Waals surface area contributed by atoms with Crippen molar-refractivity contribution in [3.05, 3.63) is 85.1 Å². The third-order valence-corrected chi connectivity index (χ3v) is 16.8. The van der Waals surface area contributed by atoms with E-state index in [1.165, 1.54) is 212 Å². The second-order valence-electron chi connectivity index (χ2n) is 25.4. The Morgan fingerprint density at radius 2 is 0.718 bits per heavy atom. The van der Waals surface area contributed by atoms with Gasteiger partial charge < -0.3 is 19.4 Å². The van der Waals surface area contributed by atoms with E-state index in [0.29, 0.717) is 17.4 Å². The predicted octanol–water partition coefficient (Wildman–Crippen LogP) is 22.9. The second kappa shape index (κ2) is 64.2. The van der Waals surface area contributed by atoms with Crippen LogP contribution < -0.4 is 5.32 Å². The Morgan fingerprint density at radius 1 is 0.412 bits per heavy atom. The average molecular weight is 1210 g/mol. The fraction of sp³-hybridized carbons (Fsp3) is 0.787. The molecule has 0 aromatic carbocycles. The number of ether oxygens (including phenoxy) is 1. The third-order valence-electron chi connectivity index (χ3n) is 15.8. The Balaban J connectivity index is 5.09. The van der Waals surface area contributed by atoms with Gasteiger partial charge in [0.25, 0.3) is 0 Å². The summed E-state index contributed by atoms with van der Waals surface area (Å²) in [5.74, 6) is -0.506. The number of esters is 1. The average Bonchev–Trinajstić information content (AvgIpc) is 3.53. The number of likely N-dealkylation sites (N-methyl/N-ethyl adjacent to an activating group) is 1. The van der Waals surface area contributed by atoms with E-state index in [0.717, 1.165) is 83.5 Å². The van der Waals surface area contributed by atoms with Crippen molar-refractivity contribution in [1.29, 1.82) is 0 Å². The number of nitrogens with one attached hydrogen (secondary N) is 1.